The predicted octanol–water partition coefficient (Wildman–Crippen LogP) is 2.64. The van der Waals surface area contributed by atoms with Crippen LogP contribution in [0.3, 0.4) is 0 Å². The van der Waals surface area contributed by atoms with Crippen LogP contribution in [0.2, 0.25) is 0 Å². The molecular formula is C15H22N6O2S2. The van der Waals surface area contributed by atoms with Crippen LogP contribution < -0.4 is 10.6 Å². The molecular weight excluding hydrogens is 360 g/mol. The molecule has 2 heterocycles. The first-order chi connectivity index (χ1) is 12.3. The number of amides is 1. The SMILES string of the molecule is COCCNc1nnc(SCC(=O)Nc2ccnn2C2CCCC2)s1. The van der Waals surface area contributed by atoms with Gasteiger partial charge in [0, 0.05) is 19.7 Å². The van der Waals surface area contributed by atoms with Crippen molar-refractivity contribution in [1.29, 1.82) is 0 Å². The van der Waals surface area contributed by atoms with Crippen molar-refractivity contribution in [3.8, 4) is 0 Å². The van der Waals surface area contributed by atoms with Crippen LogP contribution in [0, 0.1) is 0 Å². The number of nitrogens with zero attached hydrogens (tertiary/aromatic N) is 4. The molecule has 3 rings (SSSR count). The molecule has 1 fully saturated rings. The summed E-state index contributed by atoms with van der Waals surface area (Å²) in [6.07, 6.45) is 6.45. The lowest BCUT2D eigenvalue weighted by molar-refractivity contribution is -0.113. The van der Waals surface area contributed by atoms with Crippen LogP contribution in [-0.4, -0.2) is 51.9 Å². The van der Waals surface area contributed by atoms with Gasteiger partial charge in [-0.15, -0.1) is 10.2 Å². The van der Waals surface area contributed by atoms with Crippen LogP contribution in [0.15, 0.2) is 16.6 Å². The molecule has 0 spiro atoms. The molecule has 1 amide bonds. The molecule has 0 bridgehead atoms. The summed E-state index contributed by atoms with van der Waals surface area (Å²) in [5.74, 6) is 1.01. The van der Waals surface area contributed by atoms with Gasteiger partial charge in [0.15, 0.2) is 4.34 Å². The van der Waals surface area contributed by atoms with Crippen molar-refractivity contribution in [2.45, 2.75) is 36.1 Å². The van der Waals surface area contributed by atoms with E-state index < -0.39 is 0 Å². The number of hydrogen-bond acceptors (Lipinski definition) is 8. The smallest absolute Gasteiger partial charge is 0.235 e. The number of carbonyl (C=O) groups is 1. The van der Waals surface area contributed by atoms with Gasteiger partial charge in [0.1, 0.15) is 5.82 Å². The lowest BCUT2D eigenvalue weighted by atomic mass is 10.2. The van der Waals surface area contributed by atoms with E-state index in [2.05, 4.69) is 25.9 Å². The normalized spacial score (nSPS) is 14.8. The number of rotatable bonds is 9. The first kappa shape index (κ1) is 18.2. The van der Waals surface area contributed by atoms with Gasteiger partial charge in [0.05, 0.1) is 24.6 Å². The highest BCUT2D eigenvalue weighted by molar-refractivity contribution is 8.01. The minimum absolute atomic E-state index is 0.0613. The molecule has 1 aliphatic rings. The summed E-state index contributed by atoms with van der Waals surface area (Å²) < 4.78 is 7.68. The van der Waals surface area contributed by atoms with Crippen molar-refractivity contribution in [2.24, 2.45) is 0 Å². The summed E-state index contributed by atoms with van der Waals surface area (Å²) in [6.45, 7) is 1.29. The quantitative estimate of drug-likeness (QED) is 0.508. The summed E-state index contributed by atoms with van der Waals surface area (Å²) in [7, 11) is 1.65. The second kappa shape index (κ2) is 9.16. The number of nitrogens with one attached hydrogen (secondary N) is 2. The predicted molar refractivity (Wildman–Crippen MR) is 99.4 cm³/mol. The summed E-state index contributed by atoms with van der Waals surface area (Å²) >= 11 is 2.81. The van der Waals surface area contributed by atoms with E-state index in [-0.39, 0.29) is 5.91 Å². The largest absolute Gasteiger partial charge is 0.383 e. The van der Waals surface area contributed by atoms with E-state index >= 15 is 0 Å². The molecule has 10 heteroatoms. The van der Waals surface area contributed by atoms with E-state index in [9.17, 15) is 4.79 Å². The van der Waals surface area contributed by atoms with Gasteiger partial charge in [-0.2, -0.15) is 5.10 Å². The van der Waals surface area contributed by atoms with E-state index in [0.717, 1.165) is 28.1 Å². The summed E-state index contributed by atoms with van der Waals surface area (Å²) in [5.41, 5.74) is 0. The second-order valence-electron chi connectivity index (χ2n) is 5.73. The molecule has 136 valence electrons. The van der Waals surface area contributed by atoms with Gasteiger partial charge in [-0.1, -0.05) is 35.9 Å². The first-order valence-corrected chi connectivity index (χ1v) is 10.1. The fraction of sp³-hybridized carbons (Fsp3) is 0.600. The van der Waals surface area contributed by atoms with Gasteiger partial charge in [-0.25, -0.2) is 4.68 Å². The van der Waals surface area contributed by atoms with E-state index in [1.807, 2.05) is 10.7 Å². The molecule has 2 aromatic rings. The highest BCUT2D eigenvalue weighted by Gasteiger charge is 2.20. The van der Waals surface area contributed by atoms with Crippen molar-refractivity contribution in [3.63, 3.8) is 0 Å². The molecule has 25 heavy (non-hydrogen) atoms. The van der Waals surface area contributed by atoms with E-state index in [1.165, 1.54) is 35.9 Å². The van der Waals surface area contributed by atoms with Crippen LogP contribution in [-0.2, 0) is 9.53 Å². The molecule has 0 unspecified atom stereocenters. The van der Waals surface area contributed by atoms with Crippen LogP contribution >= 0.6 is 23.1 Å². The third-order valence-corrected chi connectivity index (χ3v) is 5.94. The lowest BCUT2D eigenvalue weighted by Gasteiger charge is -2.14. The van der Waals surface area contributed by atoms with Crippen LogP contribution in [0.5, 0.6) is 0 Å². The van der Waals surface area contributed by atoms with Crippen LogP contribution in [0.4, 0.5) is 10.9 Å². The number of thioether (sulfide) groups is 1. The van der Waals surface area contributed by atoms with Crippen molar-refractivity contribution in [3.05, 3.63) is 12.3 Å². The Balaban J connectivity index is 1.46. The Labute approximate surface area is 154 Å². The van der Waals surface area contributed by atoms with Crippen LogP contribution in [0.1, 0.15) is 31.7 Å². The fourth-order valence-corrected chi connectivity index (χ4v) is 4.34. The molecule has 0 atom stereocenters. The zero-order chi connectivity index (χ0) is 17.5. The lowest BCUT2D eigenvalue weighted by Crippen LogP contribution is -2.19. The third kappa shape index (κ3) is 5.16. The Morgan fingerprint density at radius 2 is 2.28 bits per heavy atom. The minimum atomic E-state index is -0.0613. The highest BCUT2D eigenvalue weighted by atomic mass is 32.2. The second-order valence-corrected chi connectivity index (χ2v) is 7.93. The average molecular weight is 383 g/mol. The molecule has 2 aromatic heterocycles. The molecule has 1 saturated carbocycles. The molecule has 1 aliphatic carbocycles. The molecule has 0 radical (unpaired) electrons. The maximum atomic E-state index is 12.2. The number of hydrogen-bond donors (Lipinski definition) is 2. The zero-order valence-corrected chi connectivity index (χ0v) is 15.7. The third-order valence-electron chi connectivity index (χ3n) is 3.92. The maximum absolute atomic E-state index is 12.2. The van der Waals surface area contributed by atoms with Gasteiger partial charge >= 0.3 is 0 Å². The topological polar surface area (TPSA) is 94.0 Å². The summed E-state index contributed by atoms with van der Waals surface area (Å²) in [6, 6.07) is 2.26. The maximum Gasteiger partial charge on any atom is 0.235 e. The van der Waals surface area contributed by atoms with Crippen molar-refractivity contribution in [2.75, 3.05) is 36.6 Å². The Morgan fingerprint density at radius 3 is 3.08 bits per heavy atom. The zero-order valence-electron chi connectivity index (χ0n) is 14.1. The summed E-state index contributed by atoms with van der Waals surface area (Å²) in [5, 5.41) is 19.3. The molecule has 0 aromatic carbocycles. The average Bonchev–Trinajstić information content (AvgIpc) is 3.35. The van der Waals surface area contributed by atoms with E-state index in [4.69, 9.17) is 4.74 Å². The number of aromatic nitrogens is 4. The van der Waals surface area contributed by atoms with Gasteiger partial charge < -0.3 is 15.4 Å². The Hall–Kier alpha value is -1.65. The Bertz CT molecular complexity index is 683. The number of ether oxygens (including phenoxy) is 1. The van der Waals surface area contributed by atoms with E-state index in [1.54, 1.807) is 13.3 Å². The Morgan fingerprint density at radius 1 is 1.44 bits per heavy atom. The summed E-state index contributed by atoms with van der Waals surface area (Å²) in [4.78, 5) is 12.2. The molecule has 0 aliphatic heterocycles. The number of anilines is 2. The minimum Gasteiger partial charge on any atom is -0.383 e. The molecule has 0 saturated heterocycles. The van der Waals surface area contributed by atoms with Gasteiger partial charge in [-0.3, -0.25) is 4.79 Å². The van der Waals surface area contributed by atoms with Crippen molar-refractivity contribution >= 4 is 40.0 Å². The van der Waals surface area contributed by atoms with Crippen molar-refractivity contribution < 1.29 is 9.53 Å². The Kier molecular flexibility index (Phi) is 6.65. The van der Waals surface area contributed by atoms with Crippen molar-refractivity contribution in [1.82, 2.24) is 20.0 Å². The molecule has 2 N–H and O–H groups in total. The molecule has 8 nitrogen and oxygen atoms in total. The number of methoxy groups -OCH3 is 1. The van der Waals surface area contributed by atoms with E-state index in [0.29, 0.717) is 24.9 Å². The number of carbonyl (C=O) groups excluding carboxylic acids is 1. The van der Waals surface area contributed by atoms with Crippen LogP contribution in [0.25, 0.3) is 0 Å². The standard InChI is InChI=1S/C15H22N6O2S2/c1-23-9-8-16-14-19-20-15(25-14)24-10-13(22)18-12-6-7-17-21(12)11-4-2-3-5-11/h6-7,11H,2-5,8-10H2,1H3,(H,16,19)(H,18,22). The monoisotopic (exact) mass is 382 g/mol. The van der Waals surface area contributed by atoms with Gasteiger partial charge in [0.25, 0.3) is 0 Å². The first-order valence-electron chi connectivity index (χ1n) is 8.28. The van der Waals surface area contributed by atoms with Gasteiger partial charge in [0.2, 0.25) is 11.0 Å². The van der Waals surface area contributed by atoms with Gasteiger partial charge in [-0.05, 0) is 12.8 Å². The fourth-order valence-electron chi connectivity index (χ4n) is 2.76. The highest BCUT2D eigenvalue weighted by Crippen LogP contribution is 2.31.